The topological polar surface area (TPSA) is 119 Å². The molecule has 2 aromatic carbocycles. The molecule has 1 heterocycles. The molecule has 1 aromatic heterocycles. The highest BCUT2D eigenvalue weighted by Crippen LogP contribution is 2.41. The van der Waals surface area contributed by atoms with Crippen molar-refractivity contribution in [3.8, 4) is 34.5 Å². The number of hydrogen-bond donors (Lipinski definition) is 0. The van der Waals surface area contributed by atoms with Crippen LogP contribution in [0.1, 0.15) is 0 Å². The molecule has 3 rings (SSSR count). The highest BCUT2D eigenvalue weighted by atomic mass is 32.2. The Labute approximate surface area is 176 Å². The second-order valence-corrected chi connectivity index (χ2v) is 6.76. The second kappa shape index (κ2) is 9.83. The number of aromatic nitrogens is 2. The van der Waals surface area contributed by atoms with Crippen molar-refractivity contribution in [2.45, 2.75) is 5.22 Å². The lowest BCUT2D eigenvalue weighted by atomic mass is 10.2. The summed E-state index contributed by atoms with van der Waals surface area (Å²) in [5.41, 5.74) is 0.532. The quantitative estimate of drug-likeness (QED) is 0.202. The molecule has 0 aliphatic rings. The molecule has 30 heavy (non-hydrogen) atoms. The van der Waals surface area contributed by atoms with E-state index in [1.807, 2.05) is 0 Å². The molecule has 0 unspecified atom stereocenters. The molecule has 158 valence electrons. The van der Waals surface area contributed by atoms with Crippen LogP contribution in [-0.4, -0.2) is 48.8 Å². The number of para-hydroxylation sites is 2. The molecule has 0 amide bonds. The molecule has 0 radical (unpaired) electrons. The minimum absolute atomic E-state index is 0.0787. The SMILES string of the molecule is COc1cc(-c2nnc(SCCOc3ccccc3[N+](=O)[O-])o2)cc(OC)c1OC. The number of nitro groups is 1. The maximum atomic E-state index is 11.0. The summed E-state index contributed by atoms with van der Waals surface area (Å²) in [6, 6.07) is 9.63. The van der Waals surface area contributed by atoms with Crippen molar-refractivity contribution in [3.63, 3.8) is 0 Å². The van der Waals surface area contributed by atoms with Crippen LogP contribution in [0.4, 0.5) is 5.69 Å². The Balaban J connectivity index is 1.64. The van der Waals surface area contributed by atoms with Crippen LogP contribution in [-0.2, 0) is 0 Å². The number of methoxy groups -OCH3 is 3. The lowest BCUT2D eigenvalue weighted by molar-refractivity contribution is -0.385. The summed E-state index contributed by atoms with van der Waals surface area (Å²) in [5, 5.41) is 19.4. The van der Waals surface area contributed by atoms with Crippen molar-refractivity contribution in [2.24, 2.45) is 0 Å². The van der Waals surface area contributed by atoms with Crippen LogP contribution in [0.2, 0.25) is 0 Å². The van der Waals surface area contributed by atoms with Gasteiger partial charge < -0.3 is 23.4 Å². The van der Waals surface area contributed by atoms with E-state index in [0.29, 0.717) is 33.8 Å². The Morgan fingerprint density at radius 2 is 1.73 bits per heavy atom. The molecule has 0 atom stereocenters. The molecule has 10 nitrogen and oxygen atoms in total. The van der Waals surface area contributed by atoms with Gasteiger partial charge in [0.05, 0.1) is 32.9 Å². The van der Waals surface area contributed by atoms with Gasteiger partial charge in [0.1, 0.15) is 0 Å². The summed E-state index contributed by atoms with van der Waals surface area (Å²) >= 11 is 1.27. The Morgan fingerprint density at radius 1 is 1.03 bits per heavy atom. The standard InChI is InChI=1S/C19H19N3O7S/c1-25-15-10-12(11-16(26-2)17(15)27-3)18-20-21-19(29-18)30-9-8-28-14-7-5-4-6-13(14)22(23)24/h4-7,10-11H,8-9H2,1-3H3. The summed E-state index contributed by atoms with van der Waals surface area (Å²) in [4.78, 5) is 10.5. The van der Waals surface area contributed by atoms with E-state index < -0.39 is 4.92 Å². The fraction of sp³-hybridized carbons (Fsp3) is 0.263. The molecule has 0 N–H and O–H groups in total. The average Bonchev–Trinajstić information content (AvgIpc) is 3.24. The third-order valence-electron chi connectivity index (χ3n) is 3.95. The molecule has 0 saturated carbocycles. The van der Waals surface area contributed by atoms with Gasteiger partial charge in [-0.3, -0.25) is 10.1 Å². The van der Waals surface area contributed by atoms with Gasteiger partial charge in [0.15, 0.2) is 17.2 Å². The molecular formula is C19H19N3O7S. The lowest BCUT2D eigenvalue weighted by Crippen LogP contribution is -2.02. The van der Waals surface area contributed by atoms with Crippen molar-refractivity contribution in [2.75, 3.05) is 33.7 Å². The van der Waals surface area contributed by atoms with E-state index >= 15 is 0 Å². The number of nitro benzene ring substituents is 1. The van der Waals surface area contributed by atoms with E-state index in [2.05, 4.69) is 10.2 Å². The van der Waals surface area contributed by atoms with Gasteiger partial charge >= 0.3 is 5.69 Å². The van der Waals surface area contributed by atoms with E-state index in [9.17, 15) is 10.1 Å². The third kappa shape index (κ3) is 4.74. The first kappa shape index (κ1) is 21.2. The van der Waals surface area contributed by atoms with E-state index in [1.54, 1.807) is 30.3 Å². The molecule has 0 fully saturated rings. The van der Waals surface area contributed by atoms with Crippen LogP contribution in [0.15, 0.2) is 46.0 Å². The second-order valence-electron chi connectivity index (χ2n) is 5.71. The largest absolute Gasteiger partial charge is 0.493 e. The number of rotatable bonds is 10. The number of thioether (sulfide) groups is 1. The summed E-state index contributed by atoms with van der Waals surface area (Å²) in [7, 11) is 4.56. The summed E-state index contributed by atoms with van der Waals surface area (Å²) < 4.78 is 27.1. The number of ether oxygens (including phenoxy) is 4. The normalized spacial score (nSPS) is 10.5. The molecule has 11 heteroatoms. The van der Waals surface area contributed by atoms with Crippen LogP contribution in [0.5, 0.6) is 23.0 Å². The Bertz CT molecular complexity index is 1000. The first-order valence-corrected chi connectivity index (χ1v) is 9.68. The van der Waals surface area contributed by atoms with Crippen LogP contribution < -0.4 is 18.9 Å². The summed E-state index contributed by atoms with van der Waals surface area (Å²) in [5.74, 6) is 2.37. The molecular weight excluding hydrogens is 414 g/mol. The minimum atomic E-state index is -0.482. The van der Waals surface area contributed by atoms with E-state index in [4.69, 9.17) is 23.4 Å². The Morgan fingerprint density at radius 3 is 2.37 bits per heavy atom. The first-order valence-electron chi connectivity index (χ1n) is 8.70. The van der Waals surface area contributed by atoms with Crippen molar-refractivity contribution in [1.82, 2.24) is 10.2 Å². The molecule has 0 aliphatic carbocycles. The fourth-order valence-electron chi connectivity index (χ4n) is 2.60. The van der Waals surface area contributed by atoms with Crippen LogP contribution in [0.3, 0.4) is 0 Å². The number of benzene rings is 2. The minimum Gasteiger partial charge on any atom is -0.493 e. The number of hydrogen-bond acceptors (Lipinski definition) is 10. The van der Waals surface area contributed by atoms with Gasteiger partial charge in [0.2, 0.25) is 11.6 Å². The van der Waals surface area contributed by atoms with Crippen molar-refractivity contribution in [1.29, 1.82) is 0 Å². The zero-order valence-corrected chi connectivity index (χ0v) is 17.3. The van der Waals surface area contributed by atoms with Crippen LogP contribution in [0.25, 0.3) is 11.5 Å². The highest BCUT2D eigenvalue weighted by molar-refractivity contribution is 7.99. The Kier molecular flexibility index (Phi) is 6.96. The van der Waals surface area contributed by atoms with Crippen molar-refractivity contribution < 1.29 is 28.3 Å². The van der Waals surface area contributed by atoms with E-state index in [0.717, 1.165) is 0 Å². The predicted molar refractivity (Wildman–Crippen MR) is 109 cm³/mol. The maximum Gasteiger partial charge on any atom is 0.310 e. The summed E-state index contributed by atoms with van der Waals surface area (Å²) in [6.45, 7) is 0.234. The van der Waals surface area contributed by atoms with Crippen LogP contribution >= 0.6 is 11.8 Å². The summed E-state index contributed by atoms with van der Waals surface area (Å²) in [6.07, 6.45) is 0. The van der Waals surface area contributed by atoms with Crippen molar-refractivity contribution >= 4 is 17.4 Å². The molecule has 0 saturated heterocycles. The highest BCUT2D eigenvalue weighted by Gasteiger charge is 2.18. The first-order chi connectivity index (χ1) is 14.6. The van der Waals surface area contributed by atoms with Crippen LogP contribution in [0, 0.1) is 10.1 Å². The maximum absolute atomic E-state index is 11.0. The van der Waals surface area contributed by atoms with Gasteiger partial charge in [-0.2, -0.15) is 0 Å². The van der Waals surface area contributed by atoms with E-state index in [-0.39, 0.29) is 23.9 Å². The fourth-order valence-corrected chi connectivity index (χ4v) is 3.18. The van der Waals surface area contributed by atoms with Gasteiger partial charge in [0.25, 0.3) is 5.22 Å². The van der Waals surface area contributed by atoms with Gasteiger partial charge in [-0.05, 0) is 18.2 Å². The number of nitrogens with zero attached hydrogens (tertiary/aromatic N) is 3. The zero-order valence-electron chi connectivity index (χ0n) is 16.5. The van der Waals surface area contributed by atoms with Crippen molar-refractivity contribution in [3.05, 3.63) is 46.5 Å². The monoisotopic (exact) mass is 433 g/mol. The van der Waals surface area contributed by atoms with Gasteiger partial charge in [0, 0.05) is 17.4 Å². The van der Waals surface area contributed by atoms with Gasteiger partial charge in [-0.15, -0.1) is 10.2 Å². The van der Waals surface area contributed by atoms with Gasteiger partial charge in [-0.1, -0.05) is 23.9 Å². The lowest BCUT2D eigenvalue weighted by Gasteiger charge is -2.12. The van der Waals surface area contributed by atoms with E-state index in [1.165, 1.54) is 39.2 Å². The third-order valence-corrected chi connectivity index (χ3v) is 4.73. The average molecular weight is 433 g/mol. The molecule has 0 bridgehead atoms. The predicted octanol–water partition coefficient (Wildman–Crippen LogP) is 3.84. The molecule has 0 aliphatic heterocycles. The smallest absolute Gasteiger partial charge is 0.310 e. The van der Waals surface area contributed by atoms with Gasteiger partial charge in [-0.25, -0.2) is 0 Å². The Hall–Kier alpha value is -3.47. The molecule has 3 aromatic rings. The molecule has 0 spiro atoms. The zero-order chi connectivity index (χ0) is 21.5.